The van der Waals surface area contributed by atoms with Gasteiger partial charge in [0.25, 0.3) is 0 Å². The first-order valence-corrected chi connectivity index (χ1v) is 18.6. The van der Waals surface area contributed by atoms with E-state index in [1.54, 1.807) is 33.1 Å². The van der Waals surface area contributed by atoms with Gasteiger partial charge >= 0.3 is 0 Å². The summed E-state index contributed by atoms with van der Waals surface area (Å²) in [6, 6.07) is 54.8. The second-order valence-corrected chi connectivity index (χ2v) is 14.7. The van der Waals surface area contributed by atoms with E-state index in [-0.39, 0.29) is 0 Å². The van der Waals surface area contributed by atoms with E-state index in [0.717, 1.165) is 67.6 Å². The molecule has 2 aromatic heterocycles. The van der Waals surface area contributed by atoms with Crippen LogP contribution < -0.4 is 9.80 Å². The largest absolute Gasteiger partial charge is 0.306 e. The molecule has 246 valence electrons. The number of hydrogen-bond acceptors (Lipinski definition) is 8. The third-order valence-corrected chi connectivity index (χ3v) is 11.7. The number of benzene rings is 7. The molecule has 0 amide bonds. The molecule has 9 aromatic rings. The lowest BCUT2D eigenvalue weighted by atomic mass is 10.1. The number of rotatable bonds is 4. The summed E-state index contributed by atoms with van der Waals surface area (Å²) in [6.45, 7) is 0. The molecule has 0 fully saturated rings. The van der Waals surface area contributed by atoms with E-state index < -0.39 is 0 Å². The molecule has 7 aromatic carbocycles. The summed E-state index contributed by atoms with van der Waals surface area (Å²) in [5, 5.41) is 20.0. The normalized spacial score (nSPS) is 13.2. The average Bonchev–Trinajstić information content (AvgIpc) is 3.84. The molecule has 0 atom stereocenters. The predicted octanol–water partition coefficient (Wildman–Crippen LogP) is 11.0. The van der Waals surface area contributed by atoms with Gasteiger partial charge in [-0.1, -0.05) is 96.3 Å². The SMILES string of the molecule is c1ccc2c(c1)Sc1ccccc1N2c1cc(-n2nc3ccccc3n2)c(-n2nc3ccccc3n2)cc1N1c2ccccc2Sc2ccccc21. The molecule has 11 rings (SSSR count). The Morgan fingerprint density at radius 1 is 0.288 bits per heavy atom. The molecule has 0 N–H and O–H groups in total. The zero-order valence-corrected chi connectivity index (χ0v) is 29.0. The monoisotopic (exact) mass is 706 g/mol. The number of fused-ring (bicyclic) bond motifs is 6. The first-order valence-electron chi connectivity index (χ1n) is 16.9. The van der Waals surface area contributed by atoms with E-state index in [0.29, 0.717) is 0 Å². The highest BCUT2D eigenvalue weighted by Gasteiger charge is 2.33. The lowest BCUT2D eigenvalue weighted by Crippen LogP contribution is -2.22. The number of aromatic nitrogens is 6. The first kappa shape index (κ1) is 29.4. The fourth-order valence-corrected chi connectivity index (χ4v) is 9.21. The van der Waals surface area contributed by atoms with Crippen LogP contribution in [0.4, 0.5) is 34.1 Å². The number of anilines is 6. The summed E-state index contributed by atoms with van der Waals surface area (Å²) >= 11 is 3.59. The fraction of sp³-hybridized carbons (Fsp3) is 0. The highest BCUT2D eigenvalue weighted by Crippen LogP contribution is 2.58. The second kappa shape index (κ2) is 11.6. The predicted molar refractivity (Wildman–Crippen MR) is 209 cm³/mol. The van der Waals surface area contributed by atoms with Crippen molar-refractivity contribution in [1.82, 2.24) is 30.0 Å². The summed E-state index contributed by atoms with van der Waals surface area (Å²) in [5.74, 6) is 0. The van der Waals surface area contributed by atoms with Crippen molar-refractivity contribution in [3.8, 4) is 11.4 Å². The van der Waals surface area contributed by atoms with E-state index in [1.165, 1.54) is 19.6 Å². The quantitative estimate of drug-likeness (QED) is 0.179. The molecular formula is C42H26N8S2. The van der Waals surface area contributed by atoms with Crippen LogP contribution in [0.15, 0.2) is 177 Å². The Morgan fingerprint density at radius 3 is 0.865 bits per heavy atom. The van der Waals surface area contributed by atoms with Gasteiger partial charge in [-0.15, -0.1) is 30.0 Å². The molecule has 2 aliphatic heterocycles. The summed E-state index contributed by atoms with van der Waals surface area (Å²) in [4.78, 5) is 12.9. The maximum Gasteiger partial charge on any atom is 0.115 e. The van der Waals surface area contributed by atoms with Crippen molar-refractivity contribution >= 4 is 79.7 Å². The Morgan fingerprint density at radius 2 is 0.558 bits per heavy atom. The zero-order valence-electron chi connectivity index (χ0n) is 27.4. The van der Waals surface area contributed by atoms with Gasteiger partial charge in [0.05, 0.1) is 34.1 Å². The molecule has 8 nitrogen and oxygen atoms in total. The van der Waals surface area contributed by atoms with Gasteiger partial charge in [0.15, 0.2) is 0 Å². The molecule has 0 spiro atoms. The molecule has 0 bridgehead atoms. The molecule has 0 unspecified atom stereocenters. The van der Waals surface area contributed by atoms with Crippen LogP contribution in [0.3, 0.4) is 0 Å². The highest BCUT2D eigenvalue weighted by molar-refractivity contribution is 8.00. The van der Waals surface area contributed by atoms with Gasteiger partial charge < -0.3 is 9.80 Å². The van der Waals surface area contributed by atoms with Gasteiger partial charge in [0.1, 0.15) is 33.4 Å². The van der Waals surface area contributed by atoms with E-state index in [9.17, 15) is 0 Å². The topological polar surface area (TPSA) is 67.9 Å². The van der Waals surface area contributed by atoms with Crippen LogP contribution in [-0.2, 0) is 0 Å². The maximum absolute atomic E-state index is 5.01. The van der Waals surface area contributed by atoms with Crippen LogP contribution in [0.2, 0.25) is 0 Å². The lowest BCUT2D eigenvalue weighted by Gasteiger charge is -2.39. The molecule has 10 heteroatoms. The van der Waals surface area contributed by atoms with Crippen LogP contribution >= 0.6 is 23.5 Å². The zero-order chi connectivity index (χ0) is 34.2. The Kier molecular flexibility index (Phi) is 6.55. The third kappa shape index (κ3) is 4.58. The molecule has 0 saturated heterocycles. The minimum absolute atomic E-state index is 0.747. The highest BCUT2D eigenvalue weighted by atomic mass is 32.2. The number of para-hydroxylation sites is 4. The van der Waals surface area contributed by atoms with Crippen LogP contribution in [0.25, 0.3) is 33.4 Å². The molecule has 2 aliphatic rings. The van der Waals surface area contributed by atoms with Crippen molar-refractivity contribution in [2.45, 2.75) is 19.6 Å². The molecule has 0 aliphatic carbocycles. The van der Waals surface area contributed by atoms with Gasteiger partial charge in [0.2, 0.25) is 0 Å². The van der Waals surface area contributed by atoms with E-state index in [4.69, 9.17) is 20.4 Å². The van der Waals surface area contributed by atoms with Crippen LogP contribution in [0.1, 0.15) is 0 Å². The van der Waals surface area contributed by atoms with Gasteiger partial charge in [0, 0.05) is 19.6 Å². The Balaban J connectivity index is 1.28. The minimum atomic E-state index is 0.747. The van der Waals surface area contributed by atoms with Crippen LogP contribution in [0.5, 0.6) is 0 Å². The maximum atomic E-state index is 5.01. The number of hydrogen-bond donors (Lipinski definition) is 0. The van der Waals surface area contributed by atoms with E-state index in [2.05, 4.69) is 119 Å². The van der Waals surface area contributed by atoms with E-state index in [1.807, 2.05) is 48.5 Å². The Bertz CT molecular complexity index is 2510. The molecule has 4 heterocycles. The van der Waals surface area contributed by atoms with Crippen molar-refractivity contribution in [3.63, 3.8) is 0 Å². The standard InChI is InChI=1S/C42H26N8S2/c1-2-14-28-27(13-1)43-49(44-28)37-25-35(47-31-17-5-9-21-39(31)51-40-22-10-6-18-32(40)47)36(26-38(37)50-45-29-15-3-4-16-30(29)46-50)48-33-19-7-11-23-41(33)52-42-24-12-8-20-34(42)48/h1-26H. The summed E-state index contributed by atoms with van der Waals surface area (Å²) in [7, 11) is 0. The van der Waals surface area contributed by atoms with E-state index >= 15 is 0 Å². The van der Waals surface area contributed by atoms with Crippen LogP contribution in [0, 0.1) is 0 Å². The third-order valence-electron chi connectivity index (χ3n) is 9.42. The van der Waals surface area contributed by atoms with Gasteiger partial charge in [-0.3, -0.25) is 0 Å². The first-order chi connectivity index (χ1) is 25.8. The van der Waals surface area contributed by atoms with Gasteiger partial charge in [-0.25, -0.2) is 0 Å². The van der Waals surface area contributed by atoms with Crippen molar-refractivity contribution in [1.29, 1.82) is 0 Å². The lowest BCUT2D eigenvalue weighted by molar-refractivity contribution is 0.717. The molecule has 0 saturated carbocycles. The average molecular weight is 707 g/mol. The minimum Gasteiger partial charge on any atom is -0.306 e. The van der Waals surface area contributed by atoms with Gasteiger partial charge in [-0.2, -0.15) is 0 Å². The Hall–Kier alpha value is -6.36. The summed E-state index contributed by atoms with van der Waals surface area (Å²) < 4.78 is 0. The molecule has 0 radical (unpaired) electrons. The Labute approximate surface area is 306 Å². The second-order valence-electron chi connectivity index (χ2n) is 12.5. The van der Waals surface area contributed by atoms with Crippen molar-refractivity contribution < 1.29 is 0 Å². The molecule has 52 heavy (non-hydrogen) atoms. The van der Waals surface area contributed by atoms with Gasteiger partial charge in [-0.05, 0) is 84.9 Å². The molecular weight excluding hydrogens is 681 g/mol. The smallest absolute Gasteiger partial charge is 0.115 e. The summed E-state index contributed by atoms with van der Waals surface area (Å²) in [6.07, 6.45) is 0. The summed E-state index contributed by atoms with van der Waals surface area (Å²) in [5.41, 5.74) is 11.0. The van der Waals surface area contributed by atoms with Crippen molar-refractivity contribution in [2.75, 3.05) is 9.80 Å². The number of nitrogens with zero attached hydrogens (tertiary/aromatic N) is 8. The van der Waals surface area contributed by atoms with Crippen molar-refractivity contribution in [2.24, 2.45) is 0 Å². The van der Waals surface area contributed by atoms with Crippen LogP contribution in [-0.4, -0.2) is 30.0 Å². The van der Waals surface area contributed by atoms with Crippen molar-refractivity contribution in [3.05, 3.63) is 158 Å². The fourth-order valence-electron chi connectivity index (χ4n) is 7.10.